The molecule has 0 aliphatic carbocycles. The zero-order valence-corrected chi connectivity index (χ0v) is 8.26. The second-order valence-electron chi connectivity index (χ2n) is 2.97. The van der Waals surface area contributed by atoms with Crippen molar-refractivity contribution in [3.8, 4) is 5.88 Å². The summed E-state index contributed by atoms with van der Waals surface area (Å²) >= 11 is 0. The molecule has 0 saturated carbocycles. The van der Waals surface area contributed by atoms with E-state index in [9.17, 15) is 22.0 Å². The van der Waals surface area contributed by atoms with Crippen LogP contribution in [0.1, 0.15) is 17.6 Å². The number of anilines is 1. The molecule has 0 aromatic carbocycles. The molecular formula is C8H8F5N3O. The number of halogens is 5. The molecular weight excluding hydrogens is 249 g/mol. The highest BCUT2D eigenvalue weighted by Crippen LogP contribution is 2.31. The number of hydrogen-bond acceptors (Lipinski definition) is 4. The fourth-order valence-electron chi connectivity index (χ4n) is 1.17. The maximum absolute atomic E-state index is 12.5. The van der Waals surface area contributed by atoms with Gasteiger partial charge < -0.3 is 16.2 Å². The Morgan fingerprint density at radius 2 is 1.94 bits per heavy atom. The van der Waals surface area contributed by atoms with Crippen LogP contribution in [0.3, 0.4) is 0 Å². The van der Waals surface area contributed by atoms with Crippen molar-refractivity contribution in [3.05, 3.63) is 17.2 Å². The largest absolute Gasteiger partial charge is 0.574 e. The number of ether oxygens (including phenoxy) is 1. The van der Waals surface area contributed by atoms with Crippen LogP contribution in [0.25, 0.3) is 0 Å². The molecule has 0 aliphatic rings. The van der Waals surface area contributed by atoms with Gasteiger partial charge in [0.2, 0.25) is 5.88 Å². The molecule has 0 fully saturated rings. The van der Waals surface area contributed by atoms with Crippen molar-refractivity contribution in [3.63, 3.8) is 0 Å². The third-order valence-electron chi connectivity index (χ3n) is 1.83. The summed E-state index contributed by atoms with van der Waals surface area (Å²) < 4.78 is 64.1. The molecule has 96 valence electrons. The average molecular weight is 257 g/mol. The van der Waals surface area contributed by atoms with Crippen LogP contribution in [0, 0.1) is 0 Å². The topological polar surface area (TPSA) is 74.2 Å². The molecule has 17 heavy (non-hydrogen) atoms. The summed E-state index contributed by atoms with van der Waals surface area (Å²) in [5.41, 5.74) is 9.45. The zero-order valence-electron chi connectivity index (χ0n) is 8.26. The van der Waals surface area contributed by atoms with E-state index in [1.807, 2.05) is 0 Å². The van der Waals surface area contributed by atoms with Crippen molar-refractivity contribution in [1.29, 1.82) is 0 Å². The Morgan fingerprint density at radius 3 is 2.35 bits per heavy atom. The van der Waals surface area contributed by atoms with Gasteiger partial charge in [-0.15, -0.1) is 13.2 Å². The Balaban J connectivity index is 3.20. The molecule has 0 amide bonds. The lowest BCUT2D eigenvalue weighted by Gasteiger charge is -2.13. The molecule has 0 aliphatic heterocycles. The van der Waals surface area contributed by atoms with Gasteiger partial charge in [-0.25, -0.2) is 8.78 Å². The van der Waals surface area contributed by atoms with E-state index < -0.39 is 30.0 Å². The maximum atomic E-state index is 12.5. The molecule has 0 unspecified atom stereocenters. The van der Waals surface area contributed by atoms with Gasteiger partial charge in [0.25, 0.3) is 6.43 Å². The number of hydrogen-bond donors (Lipinski definition) is 2. The number of nitrogens with zero attached hydrogens (tertiary/aromatic N) is 1. The van der Waals surface area contributed by atoms with Crippen LogP contribution in [0.4, 0.5) is 27.8 Å². The molecule has 0 bridgehead atoms. The normalized spacial score (nSPS) is 11.9. The molecule has 9 heteroatoms. The van der Waals surface area contributed by atoms with E-state index in [0.717, 1.165) is 0 Å². The standard InChI is InChI=1S/C8H8F5N3O/c9-6(10)3-1-5(17-8(11,12)13)16-7(15)4(3)2-14/h1,6H,2,14H2,(H2,15,16). The summed E-state index contributed by atoms with van der Waals surface area (Å²) in [6.45, 7) is -0.356. The Labute approximate surface area is 92.4 Å². The second-order valence-corrected chi connectivity index (χ2v) is 2.97. The van der Waals surface area contributed by atoms with Crippen molar-refractivity contribution in [1.82, 2.24) is 4.98 Å². The van der Waals surface area contributed by atoms with Gasteiger partial charge in [0.05, 0.1) is 0 Å². The van der Waals surface area contributed by atoms with Crippen molar-refractivity contribution < 1.29 is 26.7 Å². The van der Waals surface area contributed by atoms with Gasteiger partial charge in [-0.1, -0.05) is 0 Å². The second kappa shape index (κ2) is 4.70. The fourth-order valence-corrected chi connectivity index (χ4v) is 1.17. The minimum Gasteiger partial charge on any atom is -0.388 e. The predicted molar refractivity (Wildman–Crippen MR) is 48.2 cm³/mol. The lowest BCUT2D eigenvalue weighted by atomic mass is 10.1. The molecule has 1 aromatic rings. The first-order chi connectivity index (χ1) is 7.74. The zero-order chi connectivity index (χ0) is 13.2. The summed E-state index contributed by atoms with van der Waals surface area (Å²) in [6, 6.07) is 0.469. The summed E-state index contributed by atoms with van der Waals surface area (Å²) in [7, 11) is 0. The van der Waals surface area contributed by atoms with Gasteiger partial charge in [-0.3, -0.25) is 0 Å². The van der Waals surface area contributed by atoms with E-state index >= 15 is 0 Å². The van der Waals surface area contributed by atoms with Crippen LogP contribution in [0.2, 0.25) is 0 Å². The van der Waals surface area contributed by atoms with E-state index in [2.05, 4.69) is 9.72 Å². The van der Waals surface area contributed by atoms with Crippen molar-refractivity contribution in [2.75, 3.05) is 5.73 Å². The number of rotatable bonds is 3. The summed E-state index contributed by atoms with van der Waals surface area (Å²) in [6.07, 6.45) is -8.04. The molecule has 1 heterocycles. The molecule has 4 nitrogen and oxygen atoms in total. The number of aromatic nitrogens is 1. The highest BCUT2D eigenvalue weighted by atomic mass is 19.4. The molecule has 4 N–H and O–H groups in total. The Kier molecular flexibility index (Phi) is 3.71. The molecule has 0 atom stereocenters. The van der Waals surface area contributed by atoms with Crippen molar-refractivity contribution in [2.24, 2.45) is 5.73 Å². The molecule has 0 radical (unpaired) electrons. The maximum Gasteiger partial charge on any atom is 0.574 e. The predicted octanol–water partition coefficient (Wildman–Crippen LogP) is 1.96. The van der Waals surface area contributed by atoms with Crippen LogP contribution >= 0.6 is 0 Å². The van der Waals surface area contributed by atoms with Gasteiger partial charge in [0, 0.05) is 23.7 Å². The summed E-state index contributed by atoms with van der Waals surface area (Å²) in [5, 5.41) is 0. The van der Waals surface area contributed by atoms with Crippen molar-refractivity contribution >= 4 is 5.82 Å². The van der Waals surface area contributed by atoms with E-state index in [1.54, 1.807) is 0 Å². The molecule has 1 rings (SSSR count). The first-order valence-electron chi connectivity index (χ1n) is 4.28. The van der Waals surface area contributed by atoms with Gasteiger partial charge in [0.15, 0.2) is 0 Å². The van der Waals surface area contributed by atoms with Crippen molar-refractivity contribution in [2.45, 2.75) is 19.3 Å². The average Bonchev–Trinajstić information content (AvgIpc) is 2.13. The smallest absolute Gasteiger partial charge is 0.388 e. The van der Waals surface area contributed by atoms with Crippen LogP contribution in [-0.4, -0.2) is 11.3 Å². The molecule has 1 aromatic heterocycles. The van der Waals surface area contributed by atoms with E-state index in [-0.39, 0.29) is 12.1 Å². The van der Waals surface area contributed by atoms with Gasteiger partial charge in [-0.2, -0.15) is 4.98 Å². The van der Waals surface area contributed by atoms with Gasteiger partial charge in [-0.05, 0) is 0 Å². The van der Waals surface area contributed by atoms with Crippen LogP contribution in [-0.2, 0) is 6.54 Å². The van der Waals surface area contributed by atoms with Crippen LogP contribution in [0.15, 0.2) is 6.07 Å². The first kappa shape index (κ1) is 13.4. The number of alkyl halides is 5. The minimum absolute atomic E-state index is 0.200. The monoisotopic (exact) mass is 257 g/mol. The third kappa shape index (κ3) is 3.41. The number of pyridine rings is 1. The SMILES string of the molecule is NCc1c(C(F)F)cc(OC(F)(F)F)nc1N. The highest BCUT2D eigenvalue weighted by molar-refractivity contribution is 5.48. The summed E-state index contributed by atoms with van der Waals surface area (Å²) in [5.74, 6) is -1.55. The van der Waals surface area contributed by atoms with E-state index in [4.69, 9.17) is 11.5 Å². The summed E-state index contributed by atoms with van der Waals surface area (Å²) in [4.78, 5) is 3.19. The fraction of sp³-hybridized carbons (Fsp3) is 0.375. The molecule has 0 saturated heterocycles. The Hall–Kier alpha value is -1.64. The van der Waals surface area contributed by atoms with E-state index in [0.29, 0.717) is 6.07 Å². The van der Waals surface area contributed by atoms with Gasteiger partial charge >= 0.3 is 6.36 Å². The van der Waals surface area contributed by atoms with Gasteiger partial charge in [0.1, 0.15) is 5.82 Å². The Bertz CT molecular complexity index is 407. The number of nitrogens with two attached hydrogens (primary N) is 2. The first-order valence-corrected chi connectivity index (χ1v) is 4.28. The van der Waals surface area contributed by atoms with Crippen LogP contribution in [0.5, 0.6) is 5.88 Å². The number of nitrogen functional groups attached to an aromatic ring is 1. The quantitative estimate of drug-likeness (QED) is 0.812. The minimum atomic E-state index is -5.02. The molecule has 0 spiro atoms. The third-order valence-corrected chi connectivity index (χ3v) is 1.83. The Morgan fingerprint density at radius 1 is 1.35 bits per heavy atom. The lowest BCUT2D eigenvalue weighted by molar-refractivity contribution is -0.276. The highest BCUT2D eigenvalue weighted by Gasteiger charge is 2.32. The lowest BCUT2D eigenvalue weighted by Crippen LogP contribution is -2.19. The van der Waals surface area contributed by atoms with E-state index in [1.165, 1.54) is 0 Å². The van der Waals surface area contributed by atoms with Crippen LogP contribution < -0.4 is 16.2 Å².